The Morgan fingerprint density at radius 1 is 1.17 bits per heavy atom. The Morgan fingerprint density at radius 3 is 2.71 bits per heavy atom. The summed E-state index contributed by atoms with van der Waals surface area (Å²) in [7, 11) is 0. The summed E-state index contributed by atoms with van der Waals surface area (Å²) in [6, 6.07) is 7.94. The van der Waals surface area contributed by atoms with Crippen LogP contribution in [0.4, 0.5) is 5.69 Å². The topological polar surface area (TPSA) is 70.7 Å². The van der Waals surface area contributed by atoms with Crippen LogP contribution >= 0.6 is 0 Å². The Hall–Kier alpha value is -2.89. The number of anilines is 1. The molecule has 0 bridgehead atoms. The molecular weight excluding hydrogens is 304 g/mol. The third-order valence-corrected chi connectivity index (χ3v) is 4.60. The molecule has 6 nitrogen and oxygen atoms in total. The third-order valence-electron chi connectivity index (χ3n) is 4.60. The van der Waals surface area contributed by atoms with Crippen LogP contribution < -0.4 is 4.90 Å². The zero-order valence-corrected chi connectivity index (χ0v) is 13.2. The first-order valence-electron chi connectivity index (χ1n) is 8.07. The molecule has 122 valence electrons. The lowest BCUT2D eigenvalue weighted by Crippen LogP contribution is -2.36. The van der Waals surface area contributed by atoms with E-state index in [-0.39, 0.29) is 5.92 Å². The molecule has 3 aromatic heterocycles. The van der Waals surface area contributed by atoms with Crippen molar-refractivity contribution >= 4 is 17.3 Å². The lowest BCUT2D eigenvalue weighted by Gasteiger charge is -2.31. The molecule has 0 saturated carbocycles. The van der Waals surface area contributed by atoms with E-state index in [9.17, 15) is 4.79 Å². The van der Waals surface area contributed by atoms with Crippen molar-refractivity contribution in [2.24, 2.45) is 5.92 Å². The third kappa shape index (κ3) is 2.71. The van der Waals surface area contributed by atoms with E-state index in [1.807, 2.05) is 28.8 Å². The van der Waals surface area contributed by atoms with Crippen molar-refractivity contribution in [1.82, 2.24) is 14.4 Å². The number of hydrogen-bond acceptors (Lipinski definition) is 4. The molecule has 0 amide bonds. The molecule has 0 spiro atoms. The Kier molecular flexibility index (Phi) is 3.65. The summed E-state index contributed by atoms with van der Waals surface area (Å²) < 4.78 is 2.01. The van der Waals surface area contributed by atoms with Gasteiger partial charge in [-0.15, -0.1) is 0 Å². The van der Waals surface area contributed by atoms with Gasteiger partial charge in [0.2, 0.25) is 0 Å². The minimum absolute atomic E-state index is 0.213. The average Bonchev–Trinajstić information content (AvgIpc) is 3.06. The number of carboxylic acid groups (broad SMARTS) is 1. The minimum Gasteiger partial charge on any atom is -0.481 e. The number of carboxylic acids is 1. The summed E-state index contributed by atoms with van der Waals surface area (Å²) >= 11 is 0. The lowest BCUT2D eigenvalue weighted by atomic mass is 9.97. The van der Waals surface area contributed by atoms with Crippen molar-refractivity contribution in [1.29, 1.82) is 0 Å². The number of aromatic nitrogens is 3. The maximum absolute atomic E-state index is 11.1. The number of hydrogen-bond donors (Lipinski definition) is 1. The molecule has 3 aromatic rings. The van der Waals surface area contributed by atoms with Gasteiger partial charge in [-0.05, 0) is 37.1 Å². The minimum atomic E-state index is -0.680. The fraction of sp³-hybridized carbons (Fsp3) is 0.278. The second-order valence-electron chi connectivity index (χ2n) is 6.12. The first-order valence-corrected chi connectivity index (χ1v) is 8.07. The number of nitrogens with zero attached hydrogens (tertiary/aromatic N) is 4. The van der Waals surface area contributed by atoms with Crippen molar-refractivity contribution in [2.75, 3.05) is 18.0 Å². The van der Waals surface area contributed by atoms with E-state index in [0.29, 0.717) is 12.8 Å². The Morgan fingerprint density at radius 2 is 2.00 bits per heavy atom. The molecule has 1 aliphatic heterocycles. The SMILES string of the molecule is O=C(O)C1CCN(c2ccc3nc(-c4cccnc4)cn3c2)CC1. The van der Waals surface area contributed by atoms with Gasteiger partial charge in [-0.25, -0.2) is 4.98 Å². The average molecular weight is 322 g/mol. The number of rotatable bonds is 3. The molecule has 0 unspecified atom stereocenters. The molecule has 1 aliphatic rings. The molecular formula is C18H18N4O2. The molecule has 0 radical (unpaired) electrons. The van der Waals surface area contributed by atoms with E-state index in [4.69, 9.17) is 5.11 Å². The number of imidazole rings is 1. The molecule has 1 saturated heterocycles. The van der Waals surface area contributed by atoms with Gasteiger partial charge in [-0.1, -0.05) is 0 Å². The number of piperidine rings is 1. The molecule has 0 atom stereocenters. The Balaban J connectivity index is 1.59. The van der Waals surface area contributed by atoms with Crippen molar-refractivity contribution in [3.8, 4) is 11.3 Å². The fourth-order valence-corrected chi connectivity index (χ4v) is 3.21. The van der Waals surface area contributed by atoms with E-state index in [0.717, 1.165) is 35.7 Å². The van der Waals surface area contributed by atoms with E-state index in [1.54, 1.807) is 12.4 Å². The zero-order valence-electron chi connectivity index (χ0n) is 13.2. The monoisotopic (exact) mass is 322 g/mol. The largest absolute Gasteiger partial charge is 0.481 e. The summed E-state index contributed by atoms with van der Waals surface area (Å²) in [6.45, 7) is 1.54. The van der Waals surface area contributed by atoms with Gasteiger partial charge in [0.15, 0.2) is 0 Å². The van der Waals surface area contributed by atoms with Gasteiger partial charge in [-0.3, -0.25) is 9.78 Å². The first-order chi connectivity index (χ1) is 11.7. The van der Waals surface area contributed by atoms with Gasteiger partial charge < -0.3 is 14.4 Å². The van der Waals surface area contributed by atoms with Crippen molar-refractivity contribution in [2.45, 2.75) is 12.8 Å². The summed E-state index contributed by atoms with van der Waals surface area (Å²) in [4.78, 5) is 22.1. The van der Waals surface area contributed by atoms with Gasteiger partial charge >= 0.3 is 5.97 Å². The summed E-state index contributed by atoms with van der Waals surface area (Å²) in [5, 5.41) is 9.11. The van der Waals surface area contributed by atoms with Crippen LogP contribution in [0.15, 0.2) is 49.1 Å². The normalized spacial score (nSPS) is 15.8. The smallest absolute Gasteiger partial charge is 0.306 e. The van der Waals surface area contributed by atoms with Gasteiger partial charge in [0.1, 0.15) is 5.65 Å². The molecule has 4 rings (SSSR count). The molecule has 24 heavy (non-hydrogen) atoms. The second-order valence-corrected chi connectivity index (χ2v) is 6.12. The predicted molar refractivity (Wildman–Crippen MR) is 91.0 cm³/mol. The molecule has 1 N–H and O–H groups in total. The van der Waals surface area contributed by atoms with Crippen LogP contribution in [0.2, 0.25) is 0 Å². The van der Waals surface area contributed by atoms with E-state index < -0.39 is 5.97 Å². The zero-order chi connectivity index (χ0) is 16.5. The Labute approximate surface area is 139 Å². The van der Waals surface area contributed by atoms with Crippen LogP contribution in [-0.4, -0.2) is 38.5 Å². The van der Waals surface area contributed by atoms with E-state index in [2.05, 4.69) is 27.1 Å². The fourth-order valence-electron chi connectivity index (χ4n) is 3.21. The van der Waals surface area contributed by atoms with E-state index >= 15 is 0 Å². The highest BCUT2D eigenvalue weighted by molar-refractivity contribution is 5.70. The van der Waals surface area contributed by atoms with Gasteiger partial charge in [0.05, 0.1) is 17.3 Å². The second kappa shape index (κ2) is 5.96. The van der Waals surface area contributed by atoms with Crippen LogP contribution in [0.1, 0.15) is 12.8 Å². The first kappa shape index (κ1) is 14.7. The maximum Gasteiger partial charge on any atom is 0.306 e. The van der Waals surface area contributed by atoms with Crippen LogP contribution in [-0.2, 0) is 4.79 Å². The Bertz CT molecular complexity index is 867. The predicted octanol–water partition coefficient (Wildman–Crippen LogP) is 2.70. The molecule has 4 heterocycles. The van der Waals surface area contributed by atoms with Gasteiger partial charge in [0, 0.05) is 43.4 Å². The van der Waals surface area contributed by atoms with Crippen molar-refractivity contribution in [3.05, 3.63) is 49.1 Å². The molecule has 0 aliphatic carbocycles. The molecule has 1 fully saturated rings. The van der Waals surface area contributed by atoms with Crippen LogP contribution in [0.3, 0.4) is 0 Å². The van der Waals surface area contributed by atoms with Crippen molar-refractivity contribution in [3.63, 3.8) is 0 Å². The van der Waals surface area contributed by atoms with Crippen LogP contribution in [0.25, 0.3) is 16.9 Å². The number of pyridine rings is 2. The van der Waals surface area contributed by atoms with Crippen LogP contribution in [0, 0.1) is 5.92 Å². The summed E-state index contributed by atoms with van der Waals surface area (Å²) in [5.41, 5.74) is 3.87. The number of fused-ring (bicyclic) bond motifs is 1. The van der Waals surface area contributed by atoms with E-state index in [1.165, 1.54) is 0 Å². The summed E-state index contributed by atoms with van der Waals surface area (Å²) in [6.07, 6.45) is 9.00. The van der Waals surface area contributed by atoms with Gasteiger partial charge in [0.25, 0.3) is 0 Å². The highest BCUT2D eigenvalue weighted by atomic mass is 16.4. The summed E-state index contributed by atoms with van der Waals surface area (Å²) in [5.74, 6) is -0.892. The van der Waals surface area contributed by atoms with Crippen LogP contribution in [0.5, 0.6) is 0 Å². The van der Waals surface area contributed by atoms with Crippen molar-refractivity contribution < 1.29 is 9.90 Å². The number of carbonyl (C=O) groups is 1. The molecule has 0 aromatic carbocycles. The molecule has 6 heteroatoms. The number of aliphatic carboxylic acids is 1. The quantitative estimate of drug-likeness (QED) is 0.803. The highest BCUT2D eigenvalue weighted by Gasteiger charge is 2.24. The standard InChI is InChI=1S/C18H18N4O2/c23-18(24)13-5-8-21(9-6-13)15-3-4-17-20-16(12-22(17)11-15)14-2-1-7-19-10-14/h1-4,7,10-13H,5-6,8-9H2,(H,23,24). The highest BCUT2D eigenvalue weighted by Crippen LogP contribution is 2.25. The van der Waals surface area contributed by atoms with Gasteiger partial charge in [-0.2, -0.15) is 0 Å². The lowest BCUT2D eigenvalue weighted by molar-refractivity contribution is -0.142. The maximum atomic E-state index is 11.1.